The molecule has 3 rings (SSSR count). The molecule has 1 fully saturated rings. The number of benzene rings is 1. The molecular formula is C19H23F2N2O4S+. The molecule has 152 valence electrons. The number of likely N-dealkylation sites (tertiary alicyclic amines) is 1. The van der Waals surface area contributed by atoms with E-state index in [0.29, 0.717) is 6.54 Å². The van der Waals surface area contributed by atoms with Crippen LogP contribution in [0.5, 0.6) is 0 Å². The minimum Gasteiger partial charge on any atom is -0.463 e. The fourth-order valence-electron chi connectivity index (χ4n) is 3.49. The van der Waals surface area contributed by atoms with Crippen molar-refractivity contribution in [2.24, 2.45) is 0 Å². The summed E-state index contributed by atoms with van der Waals surface area (Å²) < 4.78 is 53.7. The van der Waals surface area contributed by atoms with Crippen LogP contribution in [-0.2, 0) is 9.84 Å². The maximum absolute atomic E-state index is 12.6. The number of alkyl halides is 2. The number of amides is 1. The topological polar surface area (TPSA) is 80.8 Å². The first kappa shape index (κ1) is 20.5. The van der Waals surface area contributed by atoms with Crippen LogP contribution >= 0.6 is 0 Å². The number of piperidine rings is 1. The largest absolute Gasteiger partial charge is 0.463 e. The second-order valence-electron chi connectivity index (χ2n) is 6.83. The van der Waals surface area contributed by atoms with Gasteiger partial charge in [0.15, 0.2) is 11.8 Å². The quantitative estimate of drug-likeness (QED) is 0.726. The zero-order chi connectivity index (χ0) is 20.1. The monoisotopic (exact) mass is 413 g/mol. The van der Waals surface area contributed by atoms with Crippen LogP contribution in [0.4, 0.5) is 8.78 Å². The average molecular weight is 413 g/mol. The van der Waals surface area contributed by atoms with Gasteiger partial charge in [0.2, 0.25) is 9.84 Å². The fourth-order valence-corrected chi connectivity index (χ4v) is 4.21. The molecule has 1 aliphatic heterocycles. The van der Waals surface area contributed by atoms with Gasteiger partial charge in [-0.2, -0.15) is 8.78 Å². The molecule has 0 radical (unpaired) electrons. The Morgan fingerprint density at radius 1 is 1.11 bits per heavy atom. The van der Waals surface area contributed by atoms with E-state index in [-0.39, 0.29) is 11.6 Å². The molecule has 28 heavy (non-hydrogen) atoms. The fraction of sp³-hybridized carbons (Fsp3) is 0.421. The molecule has 0 spiro atoms. The van der Waals surface area contributed by atoms with Gasteiger partial charge in [-0.15, -0.1) is 0 Å². The Kier molecular flexibility index (Phi) is 6.46. The summed E-state index contributed by atoms with van der Waals surface area (Å²) in [6.45, 7) is 2.36. The molecule has 1 aromatic heterocycles. The molecule has 2 heterocycles. The molecule has 0 unspecified atom stereocenters. The minimum absolute atomic E-state index is 0.0160. The molecule has 1 aromatic carbocycles. The molecule has 9 heteroatoms. The maximum Gasteiger partial charge on any atom is 0.341 e. The smallest absolute Gasteiger partial charge is 0.341 e. The van der Waals surface area contributed by atoms with Gasteiger partial charge in [0, 0.05) is 5.56 Å². The highest BCUT2D eigenvalue weighted by Gasteiger charge is 2.29. The number of furan rings is 1. The van der Waals surface area contributed by atoms with Crippen LogP contribution in [0.2, 0.25) is 0 Å². The minimum atomic E-state index is -4.67. The van der Waals surface area contributed by atoms with Crippen LogP contribution in [0, 0.1) is 0 Å². The van der Waals surface area contributed by atoms with Crippen LogP contribution in [-0.4, -0.2) is 39.7 Å². The third-order valence-electron chi connectivity index (χ3n) is 5.02. The van der Waals surface area contributed by atoms with E-state index in [1.165, 1.54) is 23.5 Å². The van der Waals surface area contributed by atoms with E-state index in [1.807, 2.05) is 12.1 Å². The van der Waals surface area contributed by atoms with E-state index in [0.717, 1.165) is 43.8 Å². The first-order valence-electron chi connectivity index (χ1n) is 9.18. The Bertz CT molecular complexity index is 877. The number of halogens is 2. The van der Waals surface area contributed by atoms with E-state index in [1.54, 1.807) is 6.26 Å². The molecule has 2 aromatic rings. The lowest BCUT2D eigenvalue weighted by Gasteiger charge is -2.30. The molecule has 0 bridgehead atoms. The number of carbonyl (C=O) groups excluding carboxylic acids is 1. The lowest BCUT2D eigenvalue weighted by atomic mass is 10.1. The van der Waals surface area contributed by atoms with Crippen molar-refractivity contribution in [3.05, 3.63) is 54.0 Å². The van der Waals surface area contributed by atoms with Gasteiger partial charge >= 0.3 is 5.76 Å². The molecule has 1 amide bonds. The highest BCUT2D eigenvalue weighted by molar-refractivity contribution is 7.91. The van der Waals surface area contributed by atoms with Gasteiger partial charge in [-0.05, 0) is 55.7 Å². The molecule has 1 atom stereocenters. The van der Waals surface area contributed by atoms with Gasteiger partial charge in [-0.1, -0.05) is 0 Å². The lowest BCUT2D eigenvalue weighted by Crippen LogP contribution is -3.13. The molecule has 0 aliphatic carbocycles. The third kappa shape index (κ3) is 4.59. The Morgan fingerprint density at radius 3 is 2.36 bits per heavy atom. The van der Waals surface area contributed by atoms with Crippen LogP contribution in [0.25, 0.3) is 0 Å². The van der Waals surface area contributed by atoms with E-state index >= 15 is 0 Å². The number of carbonyl (C=O) groups is 1. The van der Waals surface area contributed by atoms with Gasteiger partial charge in [0.25, 0.3) is 5.91 Å². The van der Waals surface area contributed by atoms with Crippen LogP contribution in [0.15, 0.2) is 52.0 Å². The van der Waals surface area contributed by atoms with Crippen molar-refractivity contribution in [2.75, 3.05) is 19.6 Å². The van der Waals surface area contributed by atoms with Gasteiger partial charge in [-0.25, -0.2) is 8.42 Å². The van der Waals surface area contributed by atoms with Crippen molar-refractivity contribution in [1.82, 2.24) is 5.32 Å². The first-order chi connectivity index (χ1) is 13.4. The maximum atomic E-state index is 12.6. The van der Waals surface area contributed by atoms with Gasteiger partial charge < -0.3 is 14.6 Å². The summed E-state index contributed by atoms with van der Waals surface area (Å²) in [5, 5.41) is 2.85. The zero-order valence-corrected chi connectivity index (χ0v) is 16.1. The average Bonchev–Trinajstić information content (AvgIpc) is 3.23. The number of rotatable bonds is 7. The summed E-state index contributed by atoms with van der Waals surface area (Å²) >= 11 is 0. The molecule has 1 saturated heterocycles. The van der Waals surface area contributed by atoms with Crippen LogP contribution in [0.1, 0.15) is 41.4 Å². The molecule has 0 saturated carbocycles. The lowest BCUT2D eigenvalue weighted by molar-refractivity contribution is -0.936. The Labute approximate surface area is 162 Å². The van der Waals surface area contributed by atoms with Crippen LogP contribution in [0.3, 0.4) is 0 Å². The van der Waals surface area contributed by atoms with Crippen molar-refractivity contribution >= 4 is 15.7 Å². The van der Waals surface area contributed by atoms with E-state index < -0.39 is 26.4 Å². The van der Waals surface area contributed by atoms with Gasteiger partial charge in [0.05, 0.1) is 30.8 Å². The summed E-state index contributed by atoms with van der Waals surface area (Å²) in [4.78, 5) is 13.3. The molecule has 6 nitrogen and oxygen atoms in total. The molecule has 1 aliphatic rings. The highest BCUT2D eigenvalue weighted by atomic mass is 32.2. The van der Waals surface area contributed by atoms with Crippen molar-refractivity contribution < 1.29 is 31.3 Å². The summed E-state index contributed by atoms with van der Waals surface area (Å²) in [5.74, 6) is -3.08. The third-order valence-corrected chi connectivity index (χ3v) is 6.42. The van der Waals surface area contributed by atoms with Gasteiger partial charge in [-0.3, -0.25) is 4.79 Å². The SMILES string of the molecule is O=C(NC[C@@H](c1ccco1)[NH+]1CCCCC1)c1ccc(S(=O)(=O)C(F)F)cc1. The number of hydrogen-bond donors (Lipinski definition) is 2. The number of hydrogen-bond acceptors (Lipinski definition) is 4. The normalized spacial score (nSPS) is 16.8. The molecular weight excluding hydrogens is 390 g/mol. The predicted molar refractivity (Wildman–Crippen MR) is 98.0 cm³/mol. The number of quaternary nitrogens is 1. The standard InChI is InChI=1S/C19H22F2N2O4S/c20-19(21)28(25,26)15-8-6-14(7-9-15)18(24)22-13-16(17-5-4-12-27-17)23-10-2-1-3-11-23/h4-9,12,16,19H,1-3,10-11,13H2,(H,22,24)/p+1/t16-/m0/s1. The summed E-state index contributed by atoms with van der Waals surface area (Å²) in [5.41, 5.74) is 0.208. The Balaban J connectivity index is 1.67. The van der Waals surface area contributed by atoms with Crippen molar-refractivity contribution in [3.63, 3.8) is 0 Å². The second-order valence-corrected chi connectivity index (χ2v) is 8.74. The Hall–Kier alpha value is -2.26. The van der Waals surface area contributed by atoms with Crippen LogP contribution < -0.4 is 10.2 Å². The van der Waals surface area contributed by atoms with Crippen molar-refractivity contribution in [2.45, 2.75) is 36.0 Å². The summed E-state index contributed by atoms with van der Waals surface area (Å²) in [6, 6.07) is 8.21. The Morgan fingerprint density at radius 2 is 1.79 bits per heavy atom. The first-order valence-corrected chi connectivity index (χ1v) is 10.7. The highest BCUT2D eigenvalue weighted by Crippen LogP contribution is 2.19. The van der Waals surface area contributed by atoms with Gasteiger partial charge in [0.1, 0.15) is 0 Å². The molecule has 2 N–H and O–H groups in total. The summed E-state index contributed by atoms with van der Waals surface area (Å²) in [6.07, 6.45) is 5.06. The van der Waals surface area contributed by atoms with Crippen molar-refractivity contribution in [1.29, 1.82) is 0 Å². The van der Waals surface area contributed by atoms with E-state index in [2.05, 4.69) is 5.32 Å². The number of sulfone groups is 1. The zero-order valence-electron chi connectivity index (χ0n) is 15.2. The van der Waals surface area contributed by atoms with Crippen molar-refractivity contribution in [3.8, 4) is 0 Å². The second kappa shape index (κ2) is 8.83. The predicted octanol–water partition coefficient (Wildman–Crippen LogP) is 1.82. The van der Waals surface area contributed by atoms with E-state index in [4.69, 9.17) is 4.42 Å². The number of nitrogens with one attached hydrogen (secondary N) is 2. The van der Waals surface area contributed by atoms with E-state index in [9.17, 15) is 22.0 Å². The summed E-state index contributed by atoms with van der Waals surface area (Å²) in [7, 11) is -4.67.